The maximum Gasteiger partial charge on any atom is 0.513 e. The fourth-order valence-corrected chi connectivity index (χ4v) is 4.06. The Labute approximate surface area is 165 Å². The number of carbonyl (C=O) groups is 2. The molecule has 0 atom stereocenters. The number of carbonyl (C=O) groups excluding carboxylic acids is 2. The van der Waals surface area contributed by atoms with Gasteiger partial charge < -0.3 is 19.2 Å². The van der Waals surface area contributed by atoms with Crippen LogP contribution in [-0.2, 0) is 19.1 Å². The number of rotatable bonds is 4. The van der Waals surface area contributed by atoms with E-state index >= 15 is 0 Å². The summed E-state index contributed by atoms with van der Waals surface area (Å²) in [7, 11) is 3.41. The maximum absolute atomic E-state index is 13.3. The molecule has 7 heteroatoms. The van der Waals surface area contributed by atoms with Crippen molar-refractivity contribution in [2.45, 2.75) is 39.2 Å². The van der Waals surface area contributed by atoms with E-state index in [2.05, 4.69) is 0 Å². The average molecular weight is 388 g/mol. The smallest absolute Gasteiger partial charge is 0.434 e. The number of hydrogen-bond donors (Lipinski definition) is 0. The number of likely N-dealkylation sites (N-methyl/N-ethyl adjacent to an activating group) is 1. The van der Waals surface area contributed by atoms with Gasteiger partial charge in [0, 0.05) is 20.1 Å². The number of amides is 1. The summed E-state index contributed by atoms with van der Waals surface area (Å²) < 4.78 is 10.7. The van der Waals surface area contributed by atoms with Gasteiger partial charge in [-0.3, -0.25) is 4.79 Å². The van der Waals surface area contributed by atoms with Crippen molar-refractivity contribution < 1.29 is 23.9 Å². The van der Waals surface area contributed by atoms with E-state index < -0.39 is 11.7 Å². The third-order valence-corrected chi connectivity index (χ3v) is 5.73. The molecule has 0 aromatic heterocycles. The quantitative estimate of drug-likeness (QED) is 0.739. The van der Waals surface area contributed by atoms with Gasteiger partial charge in [-0.2, -0.15) is 5.06 Å². The van der Waals surface area contributed by atoms with E-state index in [1.54, 1.807) is 26.0 Å². The highest BCUT2D eigenvalue weighted by Crippen LogP contribution is 2.46. The number of nitrogens with zero attached hydrogens (tertiary/aromatic N) is 2. The van der Waals surface area contributed by atoms with Crippen molar-refractivity contribution in [3.63, 3.8) is 0 Å². The van der Waals surface area contributed by atoms with E-state index in [4.69, 9.17) is 14.3 Å². The van der Waals surface area contributed by atoms with E-state index in [0.29, 0.717) is 37.3 Å². The molecule has 1 saturated heterocycles. The molecule has 0 unspecified atom stereocenters. The first-order valence-electron chi connectivity index (χ1n) is 9.58. The molecule has 1 aromatic rings. The molecule has 7 nitrogen and oxygen atoms in total. The minimum Gasteiger partial charge on any atom is -0.434 e. The monoisotopic (exact) mass is 388 g/mol. The highest BCUT2D eigenvalue weighted by Gasteiger charge is 2.54. The van der Waals surface area contributed by atoms with Crippen molar-refractivity contribution in [1.29, 1.82) is 0 Å². The zero-order chi connectivity index (χ0) is 20.5. The molecule has 0 radical (unpaired) electrons. The van der Waals surface area contributed by atoms with E-state index in [9.17, 15) is 9.59 Å². The summed E-state index contributed by atoms with van der Waals surface area (Å²) in [4.78, 5) is 32.6. The van der Waals surface area contributed by atoms with E-state index in [1.165, 1.54) is 0 Å². The lowest BCUT2D eigenvalue weighted by Crippen LogP contribution is -2.53. The molecule has 2 aliphatic heterocycles. The van der Waals surface area contributed by atoms with Crippen LogP contribution in [0.2, 0.25) is 0 Å². The van der Waals surface area contributed by atoms with Crippen molar-refractivity contribution in [3.8, 4) is 0 Å². The van der Waals surface area contributed by atoms with Crippen LogP contribution in [0.15, 0.2) is 24.0 Å². The Morgan fingerprint density at radius 1 is 1.21 bits per heavy atom. The standard InChI is InChI=1S/C21H28N2O5/c1-6-27-20(25)28-18-17(16-13-14(2)7-8-15(16)3)19(24)22(4)21(18)9-11-23(26-5)12-10-21/h7-8,13H,6,9-12H2,1-5H3. The topological polar surface area (TPSA) is 68.3 Å². The van der Waals surface area contributed by atoms with E-state index in [1.807, 2.05) is 37.1 Å². The summed E-state index contributed by atoms with van der Waals surface area (Å²) in [6, 6.07) is 5.95. The van der Waals surface area contributed by atoms with Gasteiger partial charge >= 0.3 is 6.16 Å². The van der Waals surface area contributed by atoms with Crippen LogP contribution >= 0.6 is 0 Å². The van der Waals surface area contributed by atoms with Gasteiger partial charge in [0.15, 0.2) is 5.76 Å². The minimum atomic E-state index is -0.781. The number of aryl methyl sites for hydroxylation is 2. The third kappa shape index (κ3) is 3.40. The SMILES string of the molecule is CCOC(=O)OC1=C(c2cc(C)ccc2C)C(=O)N(C)C12CCN(OC)CC2. The van der Waals surface area contributed by atoms with Gasteiger partial charge in [-0.25, -0.2) is 4.79 Å². The van der Waals surface area contributed by atoms with Gasteiger partial charge in [-0.1, -0.05) is 23.8 Å². The van der Waals surface area contributed by atoms with Crippen molar-refractivity contribution >= 4 is 17.6 Å². The Bertz CT molecular complexity index is 809. The van der Waals surface area contributed by atoms with Gasteiger partial charge in [0.25, 0.3) is 5.91 Å². The molecule has 0 aliphatic carbocycles. The molecule has 1 spiro atoms. The molecule has 1 aromatic carbocycles. The van der Waals surface area contributed by atoms with Crippen molar-refractivity contribution in [2.24, 2.45) is 0 Å². The first-order valence-corrected chi connectivity index (χ1v) is 9.58. The molecule has 152 valence electrons. The van der Waals surface area contributed by atoms with E-state index in [0.717, 1.165) is 16.7 Å². The fraction of sp³-hybridized carbons (Fsp3) is 0.524. The fourth-order valence-electron chi connectivity index (χ4n) is 4.06. The predicted octanol–water partition coefficient (Wildman–Crippen LogP) is 3.06. The highest BCUT2D eigenvalue weighted by atomic mass is 16.7. The Hall–Kier alpha value is -2.38. The summed E-state index contributed by atoms with van der Waals surface area (Å²) >= 11 is 0. The Kier molecular flexibility index (Phi) is 5.76. The summed E-state index contributed by atoms with van der Waals surface area (Å²) in [5.41, 5.74) is 2.54. The van der Waals surface area contributed by atoms with Crippen LogP contribution in [0.5, 0.6) is 0 Å². The zero-order valence-electron chi connectivity index (χ0n) is 17.2. The lowest BCUT2D eigenvalue weighted by Gasteiger charge is -2.43. The predicted molar refractivity (Wildman–Crippen MR) is 104 cm³/mol. The molecular weight excluding hydrogens is 360 g/mol. The largest absolute Gasteiger partial charge is 0.513 e. The molecule has 1 amide bonds. The number of ether oxygens (including phenoxy) is 2. The molecule has 0 N–H and O–H groups in total. The molecule has 28 heavy (non-hydrogen) atoms. The van der Waals surface area contributed by atoms with Crippen LogP contribution in [0.25, 0.3) is 5.57 Å². The average Bonchev–Trinajstić information content (AvgIpc) is 2.87. The Morgan fingerprint density at radius 2 is 1.89 bits per heavy atom. The Balaban J connectivity index is 2.14. The molecule has 1 fully saturated rings. The molecule has 2 heterocycles. The maximum atomic E-state index is 13.3. The Morgan fingerprint density at radius 3 is 2.50 bits per heavy atom. The molecule has 0 bridgehead atoms. The first kappa shape index (κ1) is 20.4. The highest BCUT2D eigenvalue weighted by molar-refractivity contribution is 6.23. The van der Waals surface area contributed by atoms with E-state index in [-0.39, 0.29) is 12.5 Å². The second kappa shape index (κ2) is 7.93. The van der Waals surface area contributed by atoms with Crippen LogP contribution in [0, 0.1) is 13.8 Å². The number of hydroxylamine groups is 2. The second-order valence-corrected chi connectivity index (χ2v) is 7.31. The molecule has 2 aliphatic rings. The molecular formula is C21H28N2O5. The van der Waals surface area contributed by atoms with Crippen molar-refractivity contribution in [3.05, 3.63) is 40.6 Å². The van der Waals surface area contributed by atoms with Gasteiger partial charge in [-0.05, 0) is 44.7 Å². The first-order chi connectivity index (χ1) is 13.3. The van der Waals surface area contributed by atoms with Crippen molar-refractivity contribution in [1.82, 2.24) is 9.96 Å². The van der Waals surface area contributed by atoms with Crippen LogP contribution in [0.4, 0.5) is 4.79 Å². The number of hydrogen-bond acceptors (Lipinski definition) is 6. The van der Waals surface area contributed by atoms with Crippen molar-refractivity contribution in [2.75, 3.05) is 33.9 Å². The van der Waals surface area contributed by atoms with Crippen LogP contribution < -0.4 is 0 Å². The van der Waals surface area contributed by atoms with Gasteiger partial charge in [-0.15, -0.1) is 0 Å². The summed E-state index contributed by atoms with van der Waals surface area (Å²) in [5, 5.41) is 1.85. The van der Waals surface area contributed by atoms with Crippen LogP contribution in [-0.4, -0.2) is 61.4 Å². The lowest BCUT2D eigenvalue weighted by atomic mass is 9.84. The summed E-state index contributed by atoms with van der Waals surface area (Å²) in [6.45, 7) is 7.12. The van der Waals surface area contributed by atoms with Gasteiger partial charge in [0.2, 0.25) is 0 Å². The minimum absolute atomic E-state index is 0.140. The van der Waals surface area contributed by atoms with Gasteiger partial charge in [0.1, 0.15) is 5.54 Å². The molecule has 3 rings (SSSR count). The lowest BCUT2D eigenvalue weighted by molar-refractivity contribution is -0.162. The summed E-state index contributed by atoms with van der Waals surface area (Å²) in [5.74, 6) is 0.252. The van der Waals surface area contributed by atoms with Crippen LogP contribution in [0.1, 0.15) is 36.5 Å². The zero-order valence-corrected chi connectivity index (χ0v) is 17.2. The van der Waals surface area contributed by atoms with Crippen LogP contribution in [0.3, 0.4) is 0 Å². The van der Waals surface area contributed by atoms with Gasteiger partial charge in [0.05, 0.1) is 19.3 Å². The number of piperidine rings is 1. The molecule has 0 saturated carbocycles. The third-order valence-electron chi connectivity index (χ3n) is 5.73. The number of benzene rings is 1. The normalized spacial score (nSPS) is 19.5. The summed E-state index contributed by atoms with van der Waals surface area (Å²) in [6.07, 6.45) is 0.426. The second-order valence-electron chi connectivity index (χ2n) is 7.31.